The lowest BCUT2D eigenvalue weighted by atomic mass is 9.91. The molecule has 1 rings (SSSR count). The summed E-state index contributed by atoms with van der Waals surface area (Å²) in [5.74, 6) is -0.124. The number of benzene rings is 1. The molecule has 1 aromatic carbocycles. The van der Waals surface area contributed by atoms with E-state index in [4.69, 9.17) is 4.74 Å². The Hall–Kier alpha value is -1.31. The molecule has 18 heavy (non-hydrogen) atoms. The molecule has 0 aliphatic rings. The average molecular weight is 248 g/mol. The summed E-state index contributed by atoms with van der Waals surface area (Å²) in [6.45, 7) is 12.5. The van der Waals surface area contributed by atoms with Crippen LogP contribution in [0.3, 0.4) is 0 Å². The van der Waals surface area contributed by atoms with Crippen LogP contribution >= 0.6 is 0 Å². The molecule has 1 aromatic rings. The molecule has 0 aliphatic carbocycles. The van der Waals surface area contributed by atoms with Gasteiger partial charge in [0.15, 0.2) is 0 Å². The molecular weight excluding hydrogens is 224 g/mol. The first kappa shape index (κ1) is 14.7. The molecule has 0 saturated carbocycles. The van der Waals surface area contributed by atoms with E-state index in [-0.39, 0.29) is 5.97 Å². The van der Waals surface area contributed by atoms with Gasteiger partial charge in [-0.25, -0.2) is 0 Å². The van der Waals surface area contributed by atoms with Crippen molar-refractivity contribution in [2.45, 2.75) is 54.6 Å². The number of esters is 1. The van der Waals surface area contributed by atoms with Crippen molar-refractivity contribution >= 4 is 5.97 Å². The van der Waals surface area contributed by atoms with Crippen LogP contribution in [0.25, 0.3) is 0 Å². The minimum atomic E-state index is -0.394. The number of hydrogen-bond acceptors (Lipinski definition) is 2. The van der Waals surface area contributed by atoms with Crippen molar-refractivity contribution in [3.8, 4) is 0 Å². The second-order valence-corrected chi connectivity index (χ2v) is 5.67. The van der Waals surface area contributed by atoms with E-state index in [0.717, 1.165) is 12.0 Å². The van der Waals surface area contributed by atoms with Gasteiger partial charge >= 0.3 is 5.97 Å². The van der Waals surface area contributed by atoms with E-state index in [0.29, 0.717) is 6.61 Å². The summed E-state index contributed by atoms with van der Waals surface area (Å²) in [4.78, 5) is 11.9. The lowest BCUT2D eigenvalue weighted by molar-refractivity contribution is -0.155. The van der Waals surface area contributed by atoms with E-state index in [1.54, 1.807) is 0 Å². The highest BCUT2D eigenvalue weighted by Gasteiger charge is 2.26. The highest BCUT2D eigenvalue weighted by atomic mass is 16.5. The van der Waals surface area contributed by atoms with Crippen molar-refractivity contribution in [1.82, 2.24) is 0 Å². The van der Waals surface area contributed by atoms with Gasteiger partial charge in [0.25, 0.3) is 0 Å². The highest BCUT2D eigenvalue weighted by Crippen LogP contribution is 2.23. The quantitative estimate of drug-likeness (QED) is 0.750. The molecule has 0 spiro atoms. The summed E-state index contributed by atoms with van der Waals surface area (Å²) in [5.41, 5.74) is 4.47. The molecule has 0 atom stereocenters. The van der Waals surface area contributed by atoms with Crippen LogP contribution in [0.1, 0.15) is 49.4 Å². The van der Waals surface area contributed by atoms with Gasteiger partial charge in [-0.15, -0.1) is 0 Å². The van der Waals surface area contributed by atoms with Crippen molar-refractivity contribution in [3.05, 3.63) is 34.4 Å². The van der Waals surface area contributed by atoms with Crippen molar-refractivity contribution < 1.29 is 9.53 Å². The van der Waals surface area contributed by atoms with E-state index < -0.39 is 5.41 Å². The smallest absolute Gasteiger partial charge is 0.311 e. The largest absolute Gasteiger partial charge is 0.460 e. The van der Waals surface area contributed by atoms with Crippen molar-refractivity contribution in [1.29, 1.82) is 0 Å². The van der Waals surface area contributed by atoms with E-state index in [2.05, 4.69) is 32.9 Å². The Labute approximate surface area is 110 Å². The van der Waals surface area contributed by atoms with E-state index in [1.165, 1.54) is 16.7 Å². The van der Waals surface area contributed by atoms with Crippen LogP contribution in [0, 0.1) is 26.2 Å². The summed E-state index contributed by atoms with van der Waals surface area (Å²) >= 11 is 0. The Balaban J connectivity index is 2.73. The van der Waals surface area contributed by atoms with Crippen LogP contribution in [-0.2, 0) is 16.1 Å². The molecule has 2 nitrogen and oxygen atoms in total. The maximum absolute atomic E-state index is 11.9. The highest BCUT2D eigenvalue weighted by molar-refractivity contribution is 5.75. The first-order valence-electron chi connectivity index (χ1n) is 6.52. The zero-order valence-electron chi connectivity index (χ0n) is 12.4. The maximum Gasteiger partial charge on any atom is 0.311 e. The maximum atomic E-state index is 11.9. The predicted molar refractivity (Wildman–Crippen MR) is 74.5 cm³/mol. The molecule has 2 heteroatoms. The zero-order valence-corrected chi connectivity index (χ0v) is 12.4. The van der Waals surface area contributed by atoms with Crippen LogP contribution in [0.5, 0.6) is 0 Å². The van der Waals surface area contributed by atoms with Gasteiger partial charge in [0, 0.05) is 0 Å². The Morgan fingerprint density at radius 1 is 1.17 bits per heavy atom. The normalized spacial score (nSPS) is 11.4. The van der Waals surface area contributed by atoms with E-state index in [9.17, 15) is 4.79 Å². The predicted octanol–water partition coefficient (Wildman–Crippen LogP) is 4.09. The van der Waals surface area contributed by atoms with Crippen LogP contribution in [-0.4, -0.2) is 5.97 Å². The summed E-state index contributed by atoms with van der Waals surface area (Å²) in [7, 11) is 0. The standard InChI is InChI=1S/C16H24O2/c1-7-16(5,6)15(17)18-10-14-8-11(2)13(4)12(3)9-14/h8-9H,7,10H2,1-6H3. The molecule has 0 saturated heterocycles. The Bertz CT molecular complexity index is 421. The van der Waals surface area contributed by atoms with Gasteiger partial charge in [0.1, 0.15) is 6.61 Å². The molecule has 0 fully saturated rings. The van der Waals surface area contributed by atoms with Gasteiger partial charge in [-0.1, -0.05) is 19.1 Å². The summed E-state index contributed by atoms with van der Waals surface area (Å²) in [6, 6.07) is 4.18. The fourth-order valence-electron chi connectivity index (χ4n) is 1.70. The second-order valence-electron chi connectivity index (χ2n) is 5.67. The molecule has 0 bridgehead atoms. The summed E-state index contributed by atoms with van der Waals surface area (Å²) in [6.07, 6.45) is 0.789. The van der Waals surface area contributed by atoms with Crippen molar-refractivity contribution in [2.24, 2.45) is 5.41 Å². The van der Waals surface area contributed by atoms with Gasteiger partial charge in [-0.05, 0) is 63.3 Å². The zero-order chi connectivity index (χ0) is 13.9. The Kier molecular flexibility index (Phi) is 4.55. The number of aryl methyl sites for hydroxylation is 2. The van der Waals surface area contributed by atoms with Crippen molar-refractivity contribution in [2.75, 3.05) is 0 Å². The number of carbonyl (C=O) groups is 1. The molecule has 0 radical (unpaired) electrons. The number of hydrogen-bond donors (Lipinski definition) is 0. The summed E-state index contributed by atoms with van der Waals surface area (Å²) in [5, 5.41) is 0. The van der Waals surface area contributed by atoms with E-state index >= 15 is 0 Å². The molecule has 0 unspecified atom stereocenters. The molecule has 0 aliphatic heterocycles. The first-order valence-corrected chi connectivity index (χ1v) is 6.52. The number of rotatable bonds is 4. The van der Waals surface area contributed by atoms with Gasteiger partial charge in [-0.3, -0.25) is 4.79 Å². The molecule has 0 N–H and O–H groups in total. The third kappa shape index (κ3) is 3.34. The topological polar surface area (TPSA) is 26.3 Å². The average Bonchev–Trinajstić information content (AvgIpc) is 2.32. The lowest BCUT2D eigenvalue weighted by Crippen LogP contribution is -2.25. The van der Waals surface area contributed by atoms with Gasteiger partial charge in [-0.2, -0.15) is 0 Å². The molecular formula is C16H24O2. The Morgan fingerprint density at radius 2 is 1.67 bits per heavy atom. The minimum Gasteiger partial charge on any atom is -0.460 e. The van der Waals surface area contributed by atoms with Crippen molar-refractivity contribution in [3.63, 3.8) is 0 Å². The van der Waals surface area contributed by atoms with Crippen LogP contribution in [0.15, 0.2) is 12.1 Å². The summed E-state index contributed by atoms with van der Waals surface area (Å²) < 4.78 is 5.39. The first-order chi connectivity index (χ1) is 8.27. The molecule has 0 amide bonds. The monoisotopic (exact) mass is 248 g/mol. The van der Waals surface area contributed by atoms with Gasteiger partial charge < -0.3 is 4.74 Å². The van der Waals surface area contributed by atoms with Crippen LogP contribution in [0.4, 0.5) is 0 Å². The van der Waals surface area contributed by atoms with Crippen LogP contribution in [0.2, 0.25) is 0 Å². The fourth-order valence-corrected chi connectivity index (χ4v) is 1.70. The minimum absolute atomic E-state index is 0.124. The molecule has 100 valence electrons. The number of carbonyl (C=O) groups excluding carboxylic acids is 1. The molecule has 0 aromatic heterocycles. The molecule has 0 heterocycles. The number of ether oxygens (including phenoxy) is 1. The third-order valence-electron chi connectivity index (χ3n) is 3.79. The Morgan fingerprint density at radius 3 is 2.11 bits per heavy atom. The van der Waals surface area contributed by atoms with Gasteiger partial charge in [0.2, 0.25) is 0 Å². The van der Waals surface area contributed by atoms with Gasteiger partial charge in [0.05, 0.1) is 5.41 Å². The second kappa shape index (κ2) is 5.55. The van der Waals surface area contributed by atoms with E-state index in [1.807, 2.05) is 20.8 Å². The third-order valence-corrected chi connectivity index (χ3v) is 3.79. The van der Waals surface area contributed by atoms with Crippen LogP contribution < -0.4 is 0 Å². The SMILES string of the molecule is CCC(C)(C)C(=O)OCc1cc(C)c(C)c(C)c1. The lowest BCUT2D eigenvalue weighted by Gasteiger charge is -2.20. The fraction of sp³-hybridized carbons (Fsp3) is 0.562.